The highest BCUT2D eigenvalue weighted by Crippen LogP contribution is 2.17. The van der Waals surface area contributed by atoms with Crippen molar-refractivity contribution >= 4 is 22.4 Å². The van der Waals surface area contributed by atoms with E-state index in [1.165, 1.54) is 0 Å². The largest absolute Gasteiger partial charge is 0.253 e. The maximum atomic E-state index is 11.7. The molecule has 0 amide bonds. The van der Waals surface area contributed by atoms with Gasteiger partial charge in [-0.2, -0.15) is 0 Å². The lowest BCUT2D eigenvalue weighted by Crippen LogP contribution is -2.07. The summed E-state index contributed by atoms with van der Waals surface area (Å²) in [5.74, 6) is 0. The molecule has 0 saturated heterocycles. The first-order valence-electron chi connectivity index (χ1n) is 4.35. The molecule has 72 valence electrons. The molecule has 0 aliphatic carbocycles. The summed E-state index contributed by atoms with van der Waals surface area (Å²) in [7, 11) is -1.06. The van der Waals surface area contributed by atoms with Gasteiger partial charge in [-0.3, -0.25) is 4.21 Å². The van der Waals surface area contributed by atoms with E-state index >= 15 is 0 Å². The van der Waals surface area contributed by atoms with E-state index in [0.29, 0.717) is 0 Å². The number of halogens is 1. The molecule has 0 saturated carbocycles. The molecule has 13 heavy (non-hydrogen) atoms. The molecule has 0 heterocycles. The Morgan fingerprint density at radius 2 is 2.00 bits per heavy atom. The van der Waals surface area contributed by atoms with Crippen molar-refractivity contribution in [1.82, 2.24) is 0 Å². The van der Waals surface area contributed by atoms with Gasteiger partial charge in [0, 0.05) is 4.90 Å². The normalized spacial score (nSPS) is 15.2. The van der Waals surface area contributed by atoms with Gasteiger partial charge in [0.05, 0.1) is 10.8 Å². The topological polar surface area (TPSA) is 17.1 Å². The summed E-state index contributed by atoms with van der Waals surface area (Å²) in [6, 6.07) is 9.36. The van der Waals surface area contributed by atoms with E-state index in [9.17, 15) is 4.21 Å². The van der Waals surface area contributed by atoms with Gasteiger partial charge in [-0.15, -0.1) is 11.6 Å². The van der Waals surface area contributed by atoms with Crippen LogP contribution in [0.3, 0.4) is 0 Å². The van der Waals surface area contributed by atoms with Crippen LogP contribution in [0, 0.1) is 0 Å². The van der Waals surface area contributed by atoms with Gasteiger partial charge in [-0.1, -0.05) is 31.5 Å². The lowest BCUT2D eigenvalue weighted by Gasteiger charge is -2.07. The van der Waals surface area contributed by atoms with Gasteiger partial charge in [0.15, 0.2) is 0 Å². The molecule has 2 atom stereocenters. The number of benzene rings is 1. The summed E-state index contributed by atoms with van der Waals surface area (Å²) < 4.78 is 11.5. The molecule has 2 unspecified atom stereocenters. The summed E-state index contributed by atoms with van der Waals surface area (Å²) in [4.78, 5) is 0.816. The summed E-state index contributed by atoms with van der Waals surface area (Å²) in [5.41, 5.74) is 0. The highest BCUT2D eigenvalue weighted by Gasteiger charge is 2.13. The smallest absolute Gasteiger partial charge is 0.113 e. The molecule has 3 heteroatoms. The van der Waals surface area contributed by atoms with Crippen molar-refractivity contribution in [2.75, 3.05) is 0 Å². The Labute approximate surface area is 86.6 Å². The van der Waals surface area contributed by atoms with Crippen LogP contribution < -0.4 is 0 Å². The van der Waals surface area contributed by atoms with E-state index in [0.717, 1.165) is 17.7 Å². The second-order valence-corrected chi connectivity index (χ2v) is 5.23. The van der Waals surface area contributed by atoms with Crippen LogP contribution in [0.5, 0.6) is 0 Å². The van der Waals surface area contributed by atoms with Crippen molar-refractivity contribution in [3.63, 3.8) is 0 Å². The molecular weight excluding hydrogens is 204 g/mol. The monoisotopic (exact) mass is 216 g/mol. The maximum absolute atomic E-state index is 11.7. The lowest BCUT2D eigenvalue weighted by molar-refractivity contribution is 0.675. The maximum Gasteiger partial charge on any atom is 0.113 e. The molecule has 0 fully saturated rings. The first-order valence-corrected chi connectivity index (χ1v) is 6.00. The minimum atomic E-state index is -1.06. The average molecular weight is 217 g/mol. The highest BCUT2D eigenvalue weighted by molar-refractivity contribution is 7.87. The number of alkyl halides is 1. The third-order valence-corrected chi connectivity index (χ3v) is 3.86. The van der Waals surface area contributed by atoms with Crippen molar-refractivity contribution in [3.05, 3.63) is 30.3 Å². The van der Waals surface area contributed by atoms with Gasteiger partial charge in [0.1, 0.15) is 4.71 Å². The Balaban J connectivity index is 2.68. The Bertz CT molecular complexity index is 274. The molecule has 0 aromatic heterocycles. The Morgan fingerprint density at radius 1 is 1.38 bits per heavy atom. The van der Waals surface area contributed by atoms with Crippen LogP contribution in [0.25, 0.3) is 0 Å². The van der Waals surface area contributed by atoms with Crippen LogP contribution in [-0.4, -0.2) is 8.92 Å². The number of rotatable bonds is 4. The Kier molecular flexibility index (Phi) is 4.46. The second kappa shape index (κ2) is 5.40. The summed E-state index contributed by atoms with van der Waals surface area (Å²) in [5, 5.41) is 0. The van der Waals surface area contributed by atoms with Gasteiger partial charge in [-0.05, 0) is 18.6 Å². The first-order chi connectivity index (χ1) is 6.25. The van der Waals surface area contributed by atoms with Crippen LogP contribution >= 0.6 is 11.6 Å². The second-order valence-electron chi connectivity index (χ2n) is 2.81. The van der Waals surface area contributed by atoms with Gasteiger partial charge < -0.3 is 0 Å². The summed E-state index contributed by atoms with van der Waals surface area (Å²) in [6.07, 6.45) is 1.76. The molecule has 0 aliphatic heterocycles. The van der Waals surface area contributed by atoms with Crippen LogP contribution in [0.1, 0.15) is 19.8 Å². The molecule has 1 rings (SSSR count). The number of hydrogen-bond acceptors (Lipinski definition) is 1. The van der Waals surface area contributed by atoms with Gasteiger partial charge in [0.2, 0.25) is 0 Å². The number of hydrogen-bond donors (Lipinski definition) is 0. The van der Waals surface area contributed by atoms with E-state index in [1.807, 2.05) is 37.3 Å². The van der Waals surface area contributed by atoms with Crippen LogP contribution in [-0.2, 0) is 10.8 Å². The minimum absolute atomic E-state index is 0.257. The molecule has 1 aromatic carbocycles. The van der Waals surface area contributed by atoms with Gasteiger partial charge in [-0.25, -0.2) is 0 Å². The Hall–Kier alpha value is -0.340. The summed E-state index contributed by atoms with van der Waals surface area (Å²) in [6.45, 7) is 2.04. The average Bonchev–Trinajstić information content (AvgIpc) is 2.18. The van der Waals surface area contributed by atoms with Crippen molar-refractivity contribution in [2.45, 2.75) is 29.4 Å². The van der Waals surface area contributed by atoms with Crippen LogP contribution in [0.15, 0.2) is 35.2 Å². The van der Waals surface area contributed by atoms with E-state index in [2.05, 4.69) is 0 Å². The third-order valence-electron chi connectivity index (χ3n) is 1.72. The van der Waals surface area contributed by atoms with E-state index < -0.39 is 10.8 Å². The Morgan fingerprint density at radius 3 is 2.54 bits per heavy atom. The van der Waals surface area contributed by atoms with E-state index in [-0.39, 0.29) is 4.71 Å². The first kappa shape index (κ1) is 10.7. The molecule has 1 aromatic rings. The van der Waals surface area contributed by atoms with Crippen molar-refractivity contribution in [2.24, 2.45) is 0 Å². The summed E-state index contributed by atoms with van der Waals surface area (Å²) >= 11 is 5.97. The molecule has 1 nitrogen and oxygen atoms in total. The van der Waals surface area contributed by atoms with Crippen LogP contribution in [0.4, 0.5) is 0 Å². The van der Waals surface area contributed by atoms with Gasteiger partial charge in [0.25, 0.3) is 0 Å². The zero-order valence-corrected chi connectivity index (χ0v) is 9.15. The van der Waals surface area contributed by atoms with Crippen molar-refractivity contribution < 1.29 is 4.21 Å². The molecule has 0 spiro atoms. The van der Waals surface area contributed by atoms with E-state index in [1.54, 1.807) is 0 Å². The predicted octanol–water partition coefficient (Wildman–Crippen LogP) is 3.16. The van der Waals surface area contributed by atoms with E-state index in [4.69, 9.17) is 11.6 Å². The fraction of sp³-hybridized carbons (Fsp3) is 0.400. The minimum Gasteiger partial charge on any atom is -0.253 e. The van der Waals surface area contributed by atoms with Crippen molar-refractivity contribution in [3.8, 4) is 0 Å². The van der Waals surface area contributed by atoms with Gasteiger partial charge >= 0.3 is 0 Å². The zero-order chi connectivity index (χ0) is 9.68. The fourth-order valence-electron chi connectivity index (χ4n) is 1.04. The quantitative estimate of drug-likeness (QED) is 0.707. The fourth-order valence-corrected chi connectivity index (χ4v) is 2.73. The molecule has 0 N–H and O–H groups in total. The van der Waals surface area contributed by atoms with Crippen LogP contribution in [0.2, 0.25) is 0 Å². The standard InChI is InChI=1S/C10H13ClOS/c1-2-6-10(11)13(12)9-7-4-3-5-8-9/h3-5,7-8,10H,2,6H2,1H3. The SMILES string of the molecule is CCCC(Cl)S(=O)c1ccccc1. The molecule has 0 bridgehead atoms. The molecule has 0 radical (unpaired) electrons. The highest BCUT2D eigenvalue weighted by atomic mass is 35.5. The molecular formula is C10H13ClOS. The molecule has 0 aliphatic rings. The zero-order valence-electron chi connectivity index (χ0n) is 7.57. The third kappa shape index (κ3) is 3.12. The predicted molar refractivity (Wildman–Crippen MR) is 57.4 cm³/mol. The lowest BCUT2D eigenvalue weighted by atomic mass is 10.4. The van der Waals surface area contributed by atoms with Crippen molar-refractivity contribution in [1.29, 1.82) is 0 Å².